The molecule has 0 bridgehead atoms. The van der Waals surface area contributed by atoms with Crippen molar-refractivity contribution in [3.8, 4) is 0 Å². The van der Waals surface area contributed by atoms with Crippen molar-refractivity contribution in [1.82, 2.24) is 5.32 Å². The van der Waals surface area contributed by atoms with Gasteiger partial charge in [0.2, 0.25) is 0 Å². The van der Waals surface area contributed by atoms with Crippen molar-refractivity contribution >= 4 is 12.4 Å². The number of hydrogen-bond donors (Lipinski definition) is 1. The highest BCUT2D eigenvalue weighted by Gasteiger charge is 2.44. The van der Waals surface area contributed by atoms with Gasteiger partial charge in [0.25, 0.3) is 0 Å². The van der Waals surface area contributed by atoms with Gasteiger partial charge in [0.15, 0.2) is 0 Å². The Labute approximate surface area is 57.3 Å². The molecule has 1 unspecified atom stereocenters. The lowest BCUT2D eigenvalue weighted by Gasteiger charge is -1.97. The Bertz CT molecular complexity index is 80.6. The van der Waals surface area contributed by atoms with Crippen LogP contribution >= 0.6 is 12.4 Å². The molecule has 0 saturated heterocycles. The van der Waals surface area contributed by atoms with Crippen LogP contribution in [0.4, 0.5) is 0 Å². The van der Waals surface area contributed by atoms with Gasteiger partial charge in [-0.25, -0.2) is 0 Å². The predicted octanol–water partition coefficient (Wildman–Crippen LogP) is 1.43. The van der Waals surface area contributed by atoms with Gasteiger partial charge in [0.1, 0.15) is 0 Å². The van der Waals surface area contributed by atoms with Crippen LogP contribution in [-0.2, 0) is 0 Å². The standard InChI is InChI=1S/C6H13N.ClH/c1-6(2)4-5(6)7-3;/h5,7H,4H2,1-3H3;1H. The first-order valence-electron chi connectivity index (χ1n) is 2.84. The van der Waals surface area contributed by atoms with Gasteiger partial charge in [-0.15, -0.1) is 12.4 Å². The lowest BCUT2D eigenvalue weighted by Crippen LogP contribution is -2.13. The molecule has 1 aliphatic rings. The summed E-state index contributed by atoms with van der Waals surface area (Å²) in [6.07, 6.45) is 1.35. The van der Waals surface area contributed by atoms with Crippen molar-refractivity contribution in [2.75, 3.05) is 7.05 Å². The molecule has 0 aromatic heterocycles. The van der Waals surface area contributed by atoms with Crippen molar-refractivity contribution in [2.24, 2.45) is 5.41 Å². The first kappa shape index (κ1) is 8.25. The highest BCUT2D eigenvalue weighted by atomic mass is 35.5. The lowest BCUT2D eigenvalue weighted by atomic mass is 10.2. The van der Waals surface area contributed by atoms with E-state index in [4.69, 9.17) is 0 Å². The Morgan fingerprint density at radius 3 is 1.88 bits per heavy atom. The van der Waals surface area contributed by atoms with Gasteiger partial charge in [-0.3, -0.25) is 0 Å². The fraction of sp³-hybridized carbons (Fsp3) is 1.00. The lowest BCUT2D eigenvalue weighted by molar-refractivity contribution is 0.575. The van der Waals surface area contributed by atoms with Gasteiger partial charge in [-0.05, 0) is 18.9 Å². The average Bonchev–Trinajstić information content (AvgIpc) is 2.13. The van der Waals surface area contributed by atoms with E-state index in [2.05, 4.69) is 19.2 Å². The van der Waals surface area contributed by atoms with Crippen LogP contribution in [0.2, 0.25) is 0 Å². The summed E-state index contributed by atoms with van der Waals surface area (Å²) in [5.74, 6) is 0. The van der Waals surface area contributed by atoms with Crippen LogP contribution in [0.3, 0.4) is 0 Å². The molecule has 1 nitrogen and oxygen atoms in total. The van der Waals surface area contributed by atoms with Gasteiger partial charge in [-0.1, -0.05) is 13.8 Å². The molecular formula is C6H14ClN. The van der Waals surface area contributed by atoms with E-state index in [1.807, 2.05) is 7.05 Å². The van der Waals surface area contributed by atoms with Crippen molar-refractivity contribution in [2.45, 2.75) is 26.3 Å². The van der Waals surface area contributed by atoms with Crippen molar-refractivity contribution in [3.05, 3.63) is 0 Å². The molecule has 8 heavy (non-hydrogen) atoms. The molecule has 50 valence electrons. The molecule has 1 aliphatic carbocycles. The third kappa shape index (κ3) is 1.36. The van der Waals surface area contributed by atoms with Gasteiger partial charge in [-0.2, -0.15) is 0 Å². The Balaban J connectivity index is 0.000000490. The molecule has 1 saturated carbocycles. The highest BCUT2D eigenvalue weighted by molar-refractivity contribution is 5.85. The average molecular weight is 136 g/mol. The van der Waals surface area contributed by atoms with Crippen LogP contribution in [0.5, 0.6) is 0 Å². The Hall–Kier alpha value is 0.250. The predicted molar refractivity (Wildman–Crippen MR) is 38.5 cm³/mol. The van der Waals surface area contributed by atoms with Crippen molar-refractivity contribution in [3.63, 3.8) is 0 Å². The molecule has 1 fully saturated rings. The summed E-state index contributed by atoms with van der Waals surface area (Å²) in [5, 5.41) is 3.23. The molecule has 1 rings (SSSR count). The first-order chi connectivity index (χ1) is 3.17. The van der Waals surface area contributed by atoms with Gasteiger partial charge in [0, 0.05) is 6.04 Å². The minimum atomic E-state index is 0. The van der Waals surface area contributed by atoms with E-state index in [0.29, 0.717) is 5.41 Å². The van der Waals surface area contributed by atoms with Crippen LogP contribution in [0.25, 0.3) is 0 Å². The molecule has 0 heterocycles. The van der Waals surface area contributed by atoms with Gasteiger partial charge < -0.3 is 5.32 Å². The molecule has 0 radical (unpaired) electrons. The summed E-state index contributed by atoms with van der Waals surface area (Å²) in [7, 11) is 2.03. The van der Waals surface area contributed by atoms with Gasteiger partial charge >= 0.3 is 0 Å². The molecule has 1 N–H and O–H groups in total. The highest BCUT2D eigenvalue weighted by Crippen LogP contribution is 2.44. The second kappa shape index (κ2) is 2.24. The summed E-state index contributed by atoms with van der Waals surface area (Å²) >= 11 is 0. The van der Waals surface area contributed by atoms with E-state index in [0.717, 1.165) is 6.04 Å². The Morgan fingerprint density at radius 1 is 1.50 bits per heavy atom. The second-order valence-electron chi connectivity index (χ2n) is 3.03. The van der Waals surface area contributed by atoms with E-state index in [-0.39, 0.29) is 12.4 Å². The van der Waals surface area contributed by atoms with E-state index >= 15 is 0 Å². The number of halogens is 1. The normalized spacial score (nSPS) is 31.1. The van der Waals surface area contributed by atoms with Crippen molar-refractivity contribution in [1.29, 1.82) is 0 Å². The summed E-state index contributed by atoms with van der Waals surface area (Å²) < 4.78 is 0. The Morgan fingerprint density at radius 2 is 1.88 bits per heavy atom. The molecule has 2 heteroatoms. The second-order valence-corrected chi connectivity index (χ2v) is 3.03. The largest absolute Gasteiger partial charge is 0.316 e. The van der Waals surface area contributed by atoms with E-state index in [1.54, 1.807) is 0 Å². The fourth-order valence-corrected chi connectivity index (χ4v) is 0.960. The number of hydrogen-bond acceptors (Lipinski definition) is 1. The quantitative estimate of drug-likeness (QED) is 0.574. The third-order valence-corrected chi connectivity index (χ3v) is 1.86. The summed E-state index contributed by atoms with van der Waals surface area (Å²) in [6, 6.07) is 0.799. The first-order valence-corrected chi connectivity index (χ1v) is 2.84. The van der Waals surface area contributed by atoms with Crippen LogP contribution in [0, 0.1) is 5.41 Å². The smallest absolute Gasteiger partial charge is 0.0121 e. The van der Waals surface area contributed by atoms with Gasteiger partial charge in [0.05, 0.1) is 0 Å². The maximum atomic E-state index is 3.23. The number of rotatable bonds is 1. The SMILES string of the molecule is CNC1CC1(C)C.Cl. The van der Waals surface area contributed by atoms with Crippen LogP contribution in [0.15, 0.2) is 0 Å². The van der Waals surface area contributed by atoms with E-state index < -0.39 is 0 Å². The van der Waals surface area contributed by atoms with Crippen LogP contribution in [-0.4, -0.2) is 13.1 Å². The molecule has 0 aromatic rings. The van der Waals surface area contributed by atoms with Crippen LogP contribution < -0.4 is 5.32 Å². The maximum Gasteiger partial charge on any atom is 0.0121 e. The van der Waals surface area contributed by atoms with Crippen LogP contribution in [0.1, 0.15) is 20.3 Å². The number of nitrogens with one attached hydrogen (secondary N) is 1. The zero-order valence-electron chi connectivity index (χ0n) is 5.69. The molecule has 1 atom stereocenters. The minimum absolute atomic E-state index is 0. The zero-order chi connectivity index (χ0) is 5.49. The topological polar surface area (TPSA) is 12.0 Å². The zero-order valence-corrected chi connectivity index (χ0v) is 6.51. The minimum Gasteiger partial charge on any atom is -0.316 e. The molecule has 0 amide bonds. The Kier molecular flexibility index (Phi) is 2.31. The third-order valence-electron chi connectivity index (χ3n) is 1.86. The van der Waals surface area contributed by atoms with E-state index in [1.165, 1.54) is 6.42 Å². The monoisotopic (exact) mass is 135 g/mol. The summed E-state index contributed by atoms with van der Waals surface area (Å²) in [6.45, 7) is 4.57. The fourth-order valence-electron chi connectivity index (χ4n) is 0.960. The summed E-state index contributed by atoms with van der Waals surface area (Å²) in [4.78, 5) is 0. The van der Waals surface area contributed by atoms with Crippen molar-refractivity contribution < 1.29 is 0 Å². The molecule has 0 spiro atoms. The van der Waals surface area contributed by atoms with E-state index in [9.17, 15) is 0 Å². The molecule has 0 aromatic carbocycles. The molecule has 0 aliphatic heterocycles. The molecular weight excluding hydrogens is 122 g/mol. The maximum absolute atomic E-state index is 3.23. The summed E-state index contributed by atoms with van der Waals surface area (Å²) in [5.41, 5.74) is 0.606.